The van der Waals surface area contributed by atoms with E-state index in [2.05, 4.69) is 48.6 Å². The van der Waals surface area contributed by atoms with Gasteiger partial charge in [0, 0.05) is 16.5 Å². The molecule has 1 N–H and O–H groups in total. The Morgan fingerprint density at radius 1 is 0.868 bits per heavy atom. The minimum Gasteiger partial charge on any atom is -0.497 e. The SMILES string of the molecule is CCOc1ccc(Nc2c3ccccc3c(-c3ccc(C)cc3)n[n+]2CC(=O)c2cccc(OC)c2)cc1. The number of carbonyl (C=O) groups excluding carboxylic acids is 1. The molecule has 0 saturated heterocycles. The Kier molecular flexibility index (Phi) is 7.31. The Labute approximate surface area is 222 Å². The highest BCUT2D eigenvalue weighted by molar-refractivity contribution is 6.00. The number of fused-ring (bicyclic) bond motifs is 1. The number of carbonyl (C=O) groups is 1. The number of aryl methyl sites for hydroxylation is 1. The number of nitrogens with zero attached hydrogens (tertiary/aromatic N) is 2. The molecule has 38 heavy (non-hydrogen) atoms. The van der Waals surface area contributed by atoms with Crippen molar-refractivity contribution in [3.63, 3.8) is 0 Å². The first kappa shape index (κ1) is 25.0. The molecule has 5 aromatic rings. The fourth-order valence-electron chi connectivity index (χ4n) is 4.39. The summed E-state index contributed by atoms with van der Waals surface area (Å²) < 4.78 is 12.7. The van der Waals surface area contributed by atoms with Gasteiger partial charge in [-0.05, 0) is 56.3 Å². The molecule has 5 rings (SSSR count). The molecular weight excluding hydrogens is 474 g/mol. The van der Waals surface area contributed by atoms with E-state index in [9.17, 15) is 4.79 Å². The Balaban J connectivity index is 1.64. The molecule has 0 aliphatic rings. The quantitative estimate of drug-likeness (QED) is 0.183. The summed E-state index contributed by atoms with van der Waals surface area (Å²) in [6, 6.07) is 31.4. The van der Waals surface area contributed by atoms with Gasteiger partial charge < -0.3 is 9.47 Å². The summed E-state index contributed by atoms with van der Waals surface area (Å²) >= 11 is 0. The van der Waals surface area contributed by atoms with E-state index < -0.39 is 0 Å². The van der Waals surface area contributed by atoms with Crippen molar-refractivity contribution in [3.05, 3.63) is 108 Å². The third-order valence-electron chi connectivity index (χ3n) is 6.35. The number of aromatic nitrogens is 2. The molecule has 4 aromatic carbocycles. The van der Waals surface area contributed by atoms with Gasteiger partial charge in [0.2, 0.25) is 5.78 Å². The van der Waals surface area contributed by atoms with Crippen LogP contribution < -0.4 is 19.5 Å². The summed E-state index contributed by atoms with van der Waals surface area (Å²) in [5.41, 5.74) is 4.41. The Bertz CT molecular complexity index is 1580. The maximum atomic E-state index is 13.5. The Hall–Kier alpha value is -4.71. The number of rotatable bonds is 9. The lowest BCUT2D eigenvalue weighted by Gasteiger charge is -2.13. The van der Waals surface area contributed by atoms with Crippen LogP contribution in [0.5, 0.6) is 11.5 Å². The van der Waals surface area contributed by atoms with Gasteiger partial charge in [0.25, 0.3) is 0 Å². The van der Waals surface area contributed by atoms with Crippen molar-refractivity contribution < 1.29 is 19.0 Å². The van der Waals surface area contributed by atoms with Crippen LogP contribution in [0.4, 0.5) is 11.5 Å². The second kappa shape index (κ2) is 11.1. The van der Waals surface area contributed by atoms with E-state index in [1.165, 1.54) is 5.56 Å². The molecule has 0 bridgehead atoms. The summed E-state index contributed by atoms with van der Waals surface area (Å²) in [6.45, 7) is 4.68. The Morgan fingerprint density at radius 2 is 1.61 bits per heavy atom. The minimum atomic E-state index is -0.0683. The number of benzene rings is 4. The smallest absolute Gasteiger partial charge is 0.308 e. The zero-order chi connectivity index (χ0) is 26.5. The molecule has 1 heterocycles. The van der Waals surface area contributed by atoms with Crippen LogP contribution in [0, 0.1) is 6.92 Å². The average Bonchev–Trinajstić information content (AvgIpc) is 2.95. The first-order valence-corrected chi connectivity index (χ1v) is 12.6. The van der Waals surface area contributed by atoms with Gasteiger partial charge in [-0.3, -0.25) is 4.79 Å². The van der Waals surface area contributed by atoms with Crippen LogP contribution in [0.2, 0.25) is 0 Å². The summed E-state index contributed by atoms with van der Waals surface area (Å²) in [5.74, 6) is 2.11. The van der Waals surface area contributed by atoms with Gasteiger partial charge in [-0.1, -0.05) is 65.3 Å². The fourth-order valence-corrected chi connectivity index (χ4v) is 4.39. The van der Waals surface area contributed by atoms with Crippen molar-refractivity contribution in [2.24, 2.45) is 0 Å². The lowest BCUT2D eigenvalue weighted by atomic mass is 10.0. The van der Waals surface area contributed by atoms with Gasteiger partial charge in [0.15, 0.2) is 6.54 Å². The summed E-state index contributed by atoms with van der Waals surface area (Å²) in [7, 11) is 1.59. The summed E-state index contributed by atoms with van der Waals surface area (Å²) in [5, 5.41) is 10.5. The van der Waals surface area contributed by atoms with E-state index in [0.717, 1.165) is 39.3 Å². The number of methoxy groups -OCH3 is 1. The predicted octanol–water partition coefficient (Wildman–Crippen LogP) is 6.53. The number of hydrogen-bond donors (Lipinski definition) is 1. The highest BCUT2D eigenvalue weighted by Crippen LogP contribution is 2.31. The van der Waals surface area contributed by atoms with E-state index >= 15 is 0 Å². The van der Waals surface area contributed by atoms with Crippen LogP contribution in [0.25, 0.3) is 22.0 Å². The number of ether oxygens (including phenoxy) is 2. The molecule has 0 aliphatic carbocycles. The van der Waals surface area contributed by atoms with E-state index in [1.807, 2.05) is 55.5 Å². The van der Waals surface area contributed by atoms with E-state index in [1.54, 1.807) is 23.9 Å². The number of Topliss-reactive ketones (excluding diaryl/α,β-unsaturated/α-hetero) is 1. The summed E-state index contributed by atoms with van der Waals surface area (Å²) in [4.78, 5) is 13.5. The van der Waals surface area contributed by atoms with Crippen molar-refractivity contribution in [3.8, 4) is 22.8 Å². The van der Waals surface area contributed by atoms with Gasteiger partial charge in [0.05, 0.1) is 19.1 Å². The van der Waals surface area contributed by atoms with E-state index in [-0.39, 0.29) is 12.3 Å². The van der Waals surface area contributed by atoms with Crippen molar-refractivity contribution in [2.75, 3.05) is 19.0 Å². The van der Waals surface area contributed by atoms with Crippen molar-refractivity contribution >= 4 is 28.1 Å². The minimum absolute atomic E-state index is 0.0518. The molecule has 0 saturated carbocycles. The molecule has 1 aromatic heterocycles. The highest BCUT2D eigenvalue weighted by Gasteiger charge is 2.24. The van der Waals surface area contributed by atoms with Crippen molar-refractivity contribution in [2.45, 2.75) is 20.4 Å². The van der Waals surface area contributed by atoms with Crippen molar-refractivity contribution in [1.82, 2.24) is 5.10 Å². The maximum Gasteiger partial charge on any atom is 0.308 e. The zero-order valence-corrected chi connectivity index (χ0v) is 21.8. The topological polar surface area (TPSA) is 64.3 Å². The lowest BCUT2D eigenvalue weighted by Crippen LogP contribution is -2.44. The standard InChI is InChI=1S/C32H29N3O3/c1-4-38-26-18-16-25(17-19-26)33-32-29-11-6-5-10-28(29)31(23-14-12-22(2)13-15-23)34-35(32)21-30(36)24-8-7-9-27(20-24)37-3/h5-20H,4,21H2,1-3H3/p+1. The van der Waals surface area contributed by atoms with E-state index in [4.69, 9.17) is 14.6 Å². The molecule has 6 nitrogen and oxygen atoms in total. The van der Waals surface area contributed by atoms with Crippen LogP contribution in [0.1, 0.15) is 22.8 Å². The van der Waals surface area contributed by atoms with Crippen LogP contribution in [0.3, 0.4) is 0 Å². The predicted molar refractivity (Wildman–Crippen MR) is 150 cm³/mol. The molecule has 190 valence electrons. The second-order valence-corrected chi connectivity index (χ2v) is 9.00. The van der Waals surface area contributed by atoms with Crippen LogP contribution in [-0.2, 0) is 6.54 Å². The van der Waals surface area contributed by atoms with Gasteiger partial charge in [0.1, 0.15) is 22.9 Å². The first-order chi connectivity index (χ1) is 18.6. The van der Waals surface area contributed by atoms with Gasteiger partial charge >= 0.3 is 5.82 Å². The van der Waals surface area contributed by atoms with Gasteiger partial charge in [-0.2, -0.15) is 0 Å². The van der Waals surface area contributed by atoms with Crippen LogP contribution >= 0.6 is 0 Å². The monoisotopic (exact) mass is 504 g/mol. The molecule has 0 spiro atoms. The lowest BCUT2D eigenvalue weighted by molar-refractivity contribution is -0.725. The first-order valence-electron chi connectivity index (χ1n) is 12.6. The molecule has 0 aliphatic heterocycles. The average molecular weight is 505 g/mol. The van der Waals surface area contributed by atoms with Crippen LogP contribution in [0.15, 0.2) is 97.1 Å². The maximum absolute atomic E-state index is 13.5. The molecule has 0 radical (unpaired) electrons. The Morgan fingerprint density at radius 3 is 2.32 bits per heavy atom. The summed E-state index contributed by atoms with van der Waals surface area (Å²) in [6.07, 6.45) is 0. The van der Waals surface area contributed by atoms with Gasteiger partial charge in [-0.15, -0.1) is 4.68 Å². The number of ketones is 1. The molecule has 0 amide bonds. The zero-order valence-electron chi connectivity index (χ0n) is 21.8. The van der Waals surface area contributed by atoms with Gasteiger partial charge in [-0.25, -0.2) is 5.32 Å². The third-order valence-corrected chi connectivity index (χ3v) is 6.35. The normalized spacial score (nSPS) is 10.8. The molecule has 0 fully saturated rings. The number of anilines is 2. The third kappa shape index (κ3) is 5.34. The highest BCUT2D eigenvalue weighted by atomic mass is 16.5. The molecule has 6 heteroatoms. The number of hydrogen-bond acceptors (Lipinski definition) is 5. The second-order valence-electron chi connectivity index (χ2n) is 9.00. The fraction of sp³-hybridized carbons (Fsp3) is 0.156. The van der Waals surface area contributed by atoms with Crippen LogP contribution in [-0.4, -0.2) is 24.6 Å². The number of nitrogens with one attached hydrogen (secondary N) is 1. The molecule has 0 unspecified atom stereocenters. The molecule has 0 atom stereocenters. The van der Waals surface area contributed by atoms with Crippen molar-refractivity contribution in [1.29, 1.82) is 0 Å². The molecular formula is C32H30N3O3+. The largest absolute Gasteiger partial charge is 0.497 e. The van der Waals surface area contributed by atoms with E-state index in [0.29, 0.717) is 17.9 Å².